The monoisotopic (exact) mass is 783 g/mol. The first kappa shape index (κ1) is 41.3. The molecule has 0 unspecified atom stereocenters. The van der Waals surface area contributed by atoms with Gasteiger partial charge in [-0.15, -0.1) is 0 Å². The van der Waals surface area contributed by atoms with Crippen LogP contribution in [0.3, 0.4) is 0 Å². The van der Waals surface area contributed by atoms with Crippen molar-refractivity contribution in [3.63, 3.8) is 0 Å². The maximum atomic E-state index is 14.2. The molecule has 1 aromatic heterocycles. The number of amides is 4. The molecule has 0 bridgehead atoms. The van der Waals surface area contributed by atoms with Gasteiger partial charge in [0.05, 0.1) is 5.56 Å². The fourth-order valence-electron chi connectivity index (χ4n) is 8.00. The predicted octanol–water partition coefficient (Wildman–Crippen LogP) is 5.24. The number of anilines is 2. The number of phenols is 1. The molecule has 3 aliphatic rings. The molecule has 0 spiro atoms. The lowest BCUT2D eigenvalue weighted by atomic mass is 10.0. The number of nitrogens with one attached hydrogen (secondary N) is 1. The van der Waals surface area contributed by atoms with E-state index in [9.17, 15) is 24.3 Å². The zero-order valence-corrected chi connectivity index (χ0v) is 33.7. The number of aromatic hydroxyl groups is 1. The largest absolute Gasteiger partial charge is 0.507 e. The van der Waals surface area contributed by atoms with E-state index < -0.39 is 18.2 Å². The number of carbonyl (C=O) groups excluding carboxylic acids is 4. The van der Waals surface area contributed by atoms with Gasteiger partial charge in [-0.25, -0.2) is 19.4 Å². The topological polar surface area (TPSA) is 148 Å². The molecule has 4 amide bonds. The van der Waals surface area contributed by atoms with Crippen LogP contribution in [0.15, 0.2) is 54.7 Å². The number of ether oxygens (including phenoxy) is 2. The van der Waals surface area contributed by atoms with E-state index in [4.69, 9.17) is 9.47 Å². The van der Waals surface area contributed by atoms with E-state index in [2.05, 4.69) is 33.9 Å². The predicted molar refractivity (Wildman–Crippen MR) is 218 cm³/mol. The first-order chi connectivity index (χ1) is 27.5. The number of para-hydroxylation sites is 1. The standard InChI is InChI=1S/C43H57N7O7/c1-5-16-46(6-2)24-25-56-41(53)34-11-12-38(44-29-34)47-20-22-48(23-21-47)40(52)37(28-32-26-30(3)39(51)31(4)27-32)57-43(55)49-17-14-35(15-18-49)50-19-13-33-9-7-8-10-36(33)45-42(50)54/h7-12,26-27,29,35,37,51H,5-6,13-25,28H2,1-4H3,(H,45,54)/t37-/m1/s1. The van der Waals surface area contributed by atoms with Crippen LogP contribution in [0.1, 0.15) is 65.7 Å². The number of aryl methyl sites for hydroxylation is 2. The lowest BCUT2D eigenvalue weighted by molar-refractivity contribution is -0.141. The van der Waals surface area contributed by atoms with Gasteiger partial charge in [-0.2, -0.15) is 0 Å². The second kappa shape index (κ2) is 19.2. The highest BCUT2D eigenvalue weighted by atomic mass is 16.6. The van der Waals surface area contributed by atoms with Crippen LogP contribution >= 0.6 is 0 Å². The summed E-state index contributed by atoms with van der Waals surface area (Å²) in [5.74, 6) is 0.206. The van der Waals surface area contributed by atoms with Crippen LogP contribution in [0, 0.1) is 13.8 Å². The molecular formula is C43H57N7O7. The minimum Gasteiger partial charge on any atom is -0.507 e. The van der Waals surface area contributed by atoms with Crippen molar-refractivity contribution in [2.24, 2.45) is 0 Å². The van der Waals surface area contributed by atoms with Crippen LogP contribution in [-0.2, 0) is 27.1 Å². The van der Waals surface area contributed by atoms with Crippen molar-refractivity contribution >= 4 is 35.5 Å². The van der Waals surface area contributed by atoms with Crippen LogP contribution in [0.5, 0.6) is 5.75 Å². The number of likely N-dealkylation sites (tertiary alicyclic amines) is 1. The number of hydrogen-bond donors (Lipinski definition) is 2. The summed E-state index contributed by atoms with van der Waals surface area (Å²) in [6.07, 6.45) is 3.05. The average molecular weight is 784 g/mol. The maximum absolute atomic E-state index is 14.2. The number of piperazine rings is 1. The molecule has 57 heavy (non-hydrogen) atoms. The molecule has 0 saturated carbocycles. The molecule has 14 nitrogen and oxygen atoms in total. The van der Waals surface area contributed by atoms with Crippen molar-refractivity contribution in [3.8, 4) is 5.75 Å². The summed E-state index contributed by atoms with van der Waals surface area (Å²) in [5.41, 5.74) is 4.47. The number of benzene rings is 2. The highest BCUT2D eigenvalue weighted by Gasteiger charge is 2.35. The summed E-state index contributed by atoms with van der Waals surface area (Å²) in [6.45, 7) is 13.9. The van der Waals surface area contributed by atoms with E-state index in [1.54, 1.807) is 35.8 Å². The highest BCUT2D eigenvalue weighted by molar-refractivity contribution is 5.91. The zero-order valence-electron chi connectivity index (χ0n) is 33.7. The first-order valence-corrected chi connectivity index (χ1v) is 20.3. The molecule has 14 heteroatoms. The molecular weight excluding hydrogens is 727 g/mol. The highest BCUT2D eigenvalue weighted by Crippen LogP contribution is 2.27. The maximum Gasteiger partial charge on any atom is 0.410 e. The van der Waals surface area contributed by atoms with Gasteiger partial charge in [-0.1, -0.05) is 44.2 Å². The third-order valence-electron chi connectivity index (χ3n) is 11.3. The van der Waals surface area contributed by atoms with Gasteiger partial charge in [0.25, 0.3) is 5.91 Å². The number of urea groups is 1. The van der Waals surface area contributed by atoms with Crippen LogP contribution in [0.4, 0.5) is 21.1 Å². The Morgan fingerprint density at radius 1 is 0.930 bits per heavy atom. The van der Waals surface area contributed by atoms with Gasteiger partial charge >= 0.3 is 18.1 Å². The Balaban J connectivity index is 1.05. The van der Waals surface area contributed by atoms with E-state index in [0.717, 1.165) is 42.7 Å². The van der Waals surface area contributed by atoms with Gasteiger partial charge in [-0.3, -0.25) is 4.79 Å². The molecule has 2 saturated heterocycles. The molecule has 2 fully saturated rings. The molecule has 1 atom stereocenters. The molecule has 2 N–H and O–H groups in total. The van der Waals surface area contributed by atoms with E-state index in [1.807, 2.05) is 41.3 Å². The average Bonchev–Trinajstić information content (AvgIpc) is 3.40. The zero-order chi connectivity index (χ0) is 40.5. The molecule has 3 aromatic rings. The number of fused-ring (bicyclic) bond motifs is 1. The number of piperidine rings is 1. The number of hydrogen-bond acceptors (Lipinski definition) is 10. The summed E-state index contributed by atoms with van der Waals surface area (Å²) >= 11 is 0. The van der Waals surface area contributed by atoms with E-state index >= 15 is 0 Å². The van der Waals surface area contributed by atoms with E-state index in [-0.39, 0.29) is 30.2 Å². The number of carbonyl (C=O) groups is 4. The van der Waals surface area contributed by atoms with Crippen molar-refractivity contribution in [3.05, 3.63) is 82.5 Å². The number of pyridine rings is 1. The van der Waals surface area contributed by atoms with E-state index in [1.165, 1.54) is 6.20 Å². The number of nitrogens with zero attached hydrogens (tertiary/aromatic N) is 6. The molecule has 0 radical (unpaired) electrons. The molecule has 306 valence electrons. The summed E-state index contributed by atoms with van der Waals surface area (Å²) in [4.78, 5) is 67.7. The molecule has 2 aromatic carbocycles. The van der Waals surface area contributed by atoms with Crippen molar-refractivity contribution in [2.45, 2.75) is 71.9 Å². The fourth-order valence-corrected chi connectivity index (χ4v) is 8.00. The minimum absolute atomic E-state index is 0.0214. The Kier molecular flexibility index (Phi) is 13.9. The van der Waals surface area contributed by atoms with Gasteiger partial charge in [0.15, 0.2) is 6.10 Å². The van der Waals surface area contributed by atoms with Crippen molar-refractivity contribution in [1.82, 2.24) is 24.6 Å². The molecule has 6 rings (SSSR count). The normalized spacial score (nSPS) is 16.8. The second-order valence-electron chi connectivity index (χ2n) is 15.2. The smallest absolute Gasteiger partial charge is 0.410 e. The molecule has 0 aliphatic carbocycles. The van der Waals surface area contributed by atoms with Crippen LogP contribution in [-0.4, -0.2) is 138 Å². The molecule has 3 aliphatic heterocycles. The lowest BCUT2D eigenvalue weighted by Crippen LogP contribution is -2.54. The number of esters is 1. The number of likely N-dealkylation sites (N-methyl/N-ethyl adjacent to an activating group) is 1. The Morgan fingerprint density at radius 3 is 2.32 bits per heavy atom. The summed E-state index contributed by atoms with van der Waals surface area (Å²) in [7, 11) is 0. The van der Waals surface area contributed by atoms with Crippen molar-refractivity contribution < 1.29 is 33.8 Å². The summed E-state index contributed by atoms with van der Waals surface area (Å²) in [6, 6.07) is 14.8. The molecule has 4 heterocycles. The first-order valence-electron chi connectivity index (χ1n) is 20.3. The SMILES string of the molecule is CCCN(CC)CCOC(=O)c1ccc(N2CCN(C(=O)[C@@H](Cc3cc(C)c(O)c(C)c3)OC(=O)N3CCC(N4CCc5ccccc5NC4=O)CC3)CC2)nc1. The third kappa shape index (κ3) is 10.3. The fraction of sp³-hybridized carbons (Fsp3) is 0.512. The van der Waals surface area contributed by atoms with Crippen LogP contribution < -0.4 is 10.2 Å². The Bertz CT molecular complexity index is 1850. The Hall–Kier alpha value is -5.37. The van der Waals surface area contributed by atoms with E-state index in [0.29, 0.717) is 94.3 Å². The van der Waals surface area contributed by atoms with Gasteiger partial charge in [0, 0.05) is 76.7 Å². The van der Waals surface area contributed by atoms with Crippen molar-refractivity contribution in [1.29, 1.82) is 0 Å². The second-order valence-corrected chi connectivity index (χ2v) is 15.2. The van der Waals surface area contributed by atoms with Crippen molar-refractivity contribution in [2.75, 3.05) is 82.3 Å². The number of aromatic nitrogens is 1. The number of rotatable bonds is 13. The lowest BCUT2D eigenvalue weighted by Gasteiger charge is -2.39. The van der Waals surface area contributed by atoms with Gasteiger partial charge in [0.2, 0.25) is 0 Å². The third-order valence-corrected chi connectivity index (χ3v) is 11.3. The summed E-state index contributed by atoms with van der Waals surface area (Å²) < 4.78 is 11.5. The number of phenolic OH excluding ortho intramolecular Hbond substituents is 1. The minimum atomic E-state index is -1.07. The Morgan fingerprint density at radius 2 is 1.65 bits per heavy atom. The van der Waals surface area contributed by atoms with Crippen LogP contribution in [0.25, 0.3) is 0 Å². The van der Waals surface area contributed by atoms with Gasteiger partial charge < -0.3 is 44.4 Å². The quantitative estimate of drug-likeness (QED) is 0.221. The van der Waals surface area contributed by atoms with Gasteiger partial charge in [-0.05, 0) is 93.1 Å². The van der Waals surface area contributed by atoms with Gasteiger partial charge in [0.1, 0.15) is 18.2 Å². The Labute approximate surface area is 335 Å². The summed E-state index contributed by atoms with van der Waals surface area (Å²) in [5, 5.41) is 13.4. The van der Waals surface area contributed by atoms with Crippen LogP contribution in [0.2, 0.25) is 0 Å².